The Hall–Kier alpha value is -2.08. The highest BCUT2D eigenvalue weighted by Crippen LogP contribution is 2.25. The summed E-state index contributed by atoms with van der Waals surface area (Å²) in [5.74, 6) is 1.08. The number of imidazole rings is 1. The van der Waals surface area contributed by atoms with Gasteiger partial charge in [0.25, 0.3) is 5.91 Å². The Morgan fingerprint density at radius 1 is 1.30 bits per heavy atom. The molecule has 2 unspecified atom stereocenters. The van der Waals surface area contributed by atoms with Crippen LogP contribution in [0.4, 0.5) is 0 Å². The van der Waals surface area contributed by atoms with Crippen molar-refractivity contribution in [2.24, 2.45) is 5.92 Å². The number of aryl methyl sites for hydroxylation is 2. The Balaban J connectivity index is 2.33. The Morgan fingerprint density at radius 2 is 2.00 bits per heavy atom. The molecule has 2 atom stereocenters. The molecule has 30 heavy (non-hydrogen) atoms. The number of aromatic nitrogens is 2. The number of nitrogens with one attached hydrogen (secondary N) is 1. The number of ether oxygens (including phenoxy) is 1. The molecule has 0 aliphatic rings. The van der Waals surface area contributed by atoms with E-state index in [0.717, 1.165) is 37.7 Å². The zero-order chi connectivity index (χ0) is 22.5. The second-order valence-corrected chi connectivity index (χ2v) is 9.09. The second kappa shape index (κ2) is 10.3. The quantitative estimate of drug-likeness (QED) is 0.549. The van der Waals surface area contributed by atoms with Crippen molar-refractivity contribution in [2.45, 2.75) is 92.2 Å². The summed E-state index contributed by atoms with van der Waals surface area (Å²) in [7, 11) is 0. The molecule has 0 fully saturated rings. The van der Waals surface area contributed by atoms with E-state index in [1.807, 2.05) is 30.5 Å². The number of hydrogen-bond acceptors (Lipinski definition) is 4. The van der Waals surface area contributed by atoms with Crippen LogP contribution in [0.25, 0.3) is 5.65 Å². The molecule has 168 valence electrons. The highest BCUT2D eigenvalue weighted by molar-refractivity contribution is 5.95. The summed E-state index contributed by atoms with van der Waals surface area (Å²) in [6.07, 6.45) is 6.69. The molecule has 2 aromatic rings. The van der Waals surface area contributed by atoms with Crippen LogP contribution < -0.4 is 10.1 Å². The monoisotopic (exact) mass is 417 g/mol. The molecule has 0 saturated carbocycles. The van der Waals surface area contributed by atoms with Crippen LogP contribution in [-0.4, -0.2) is 38.6 Å². The van der Waals surface area contributed by atoms with E-state index >= 15 is 0 Å². The fourth-order valence-electron chi connectivity index (χ4n) is 3.55. The van der Waals surface area contributed by atoms with E-state index in [9.17, 15) is 9.90 Å². The van der Waals surface area contributed by atoms with Gasteiger partial charge in [0, 0.05) is 6.20 Å². The van der Waals surface area contributed by atoms with Crippen LogP contribution in [0.2, 0.25) is 0 Å². The zero-order valence-electron chi connectivity index (χ0n) is 19.7. The molecule has 0 bridgehead atoms. The average Bonchev–Trinajstić information content (AvgIpc) is 2.99. The zero-order valence-corrected chi connectivity index (χ0v) is 19.7. The summed E-state index contributed by atoms with van der Waals surface area (Å²) < 4.78 is 7.87. The van der Waals surface area contributed by atoms with Gasteiger partial charge in [-0.25, -0.2) is 4.98 Å². The van der Waals surface area contributed by atoms with E-state index in [4.69, 9.17) is 4.74 Å². The first-order valence-corrected chi connectivity index (χ1v) is 11.2. The van der Waals surface area contributed by atoms with Gasteiger partial charge in [-0.3, -0.25) is 9.20 Å². The number of carbonyl (C=O) groups excluding carboxylic acids is 1. The normalized spacial score (nSPS) is 14.0. The van der Waals surface area contributed by atoms with E-state index < -0.39 is 5.60 Å². The van der Waals surface area contributed by atoms with Gasteiger partial charge in [-0.15, -0.1) is 0 Å². The van der Waals surface area contributed by atoms with Crippen molar-refractivity contribution < 1.29 is 14.6 Å². The van der Waals surface area contributed by atoms with Crippen molar-refractivity contribution in [1.82, 2.24) is 14.7 Å². The van der Waals surface area contributed by atoms with E-state index in [2.05, 4.69) is 31.1 Å². The summed E-state index contributed by atoms with van der Waals surface area (Å²) in [5.41, 5.74) is 1.79. The fourth-order valence-corrected chi connectivity index (χ4v) is 3.55. The van der Waals surface area contributed by atoms with Crippen molar-refractivity contribution in [3.63, 3.8) is 0 Å². The third kappa shape index (κ3) is 5.97. The number of amides is 1. The number of fused-ring (bicyclic) bond motifs is 1. The molecule has 0 aliphatic heterocycles. The molecule has 0 aromatic carbocycles. The predicted octanol–water partition coefficient (Wildman–Crippen LogP) is 4.83. The second-order valence-electron chi connectivity index (χ2n) is 9.09. The first kappa shape index (κ1) is 24.2. The topological polar surface area (TPSA) is 75.9 Å². The summed E-state index contributed by atoms with van der Waals surface area (Å²) in [4.78, 5) is 17.8. The summed E-state index contributed by atoms with van der Waals surface area (Å²) in [5, 5.41) is 13.6. The van der Waals surface area contributed by atoms with Crippen LogP contribution in [0.5, 0.6) is 5.75 Å². The Labute approximate surface area is 181 Å². The van der Waals surface area contributed by atoms with Gasteiger partial charge in [-0.2, -0.15) is 0 Å². The smallest absolute Gasteiger partial charge is 0.270 e. The predicted molar refractivity (Wildman–Crippen MR) is 121 cm³/mol. The van der Waals surface area contributed by atoms with Gasteiger partial charge in [0.1, 0.15) is 5.69 Å². The minimum absolute atomic E-state index is 0.223. The van der Waals surface area contributed by atoms with Gasteiger partial charge in [0.15, 0.2) is 11.4 Å². The SMILES string of the molecule is CCCCC(NC(=O)c1c(C)nc2c(OCCC(C)CC)cc(C)cn12)C(C)(C)O. The molecule has 6 heteroatoms. The minimum Gasteiger partial charge on any atom is -0.490 e. The third-order valence-corrected chi connectivity index (χ3v) is 5.78. The van der Waals surface area contributed by atoms with Gasteiger partial charge in [0.05, 0.1) is 23.9 Å². The lowest BCUT2D eigenvalue weighted by Crippen LogP contribution is -2.49. The van der Waals surface area contributed by atoms with Crippen LogP contribution in [0.3, 0.4) is 0 Å². The van der Waals surface area contributed by atoms with Gasteiger partial charge in [-0.1, -0.05) is 40.0 Å². The van der Waals surface area contributed by atoms with Crippen molar-refractivity contribution in [3.8, 4) is 5.75 Å². The first-order valence-electron chi connectivity index (χ1n) is 11.2. The maximum absolute atomic E-state index is 13.2. The van der Waals surface area contributed by atoms with Gasteiger partial charge < -0.3 is 15.2 Å². The fraction of sp³-hybridized carbons (Fsp3) is 0.667. The number of unbranched alkanes of at least 4 members (excludes halogenated alkanes) is 1. The molecule has 2 aromatic heterocycles. The van der Waals surface area contributed by atoms with E-state index in [1.54, 1.807) is 13.8 Å². The highest BCUT2D eigenvalue weighted by Gasteiger charge is 2.30. The molecule has 6 nitrogen and oxygen atoms in total. The van der Waals surface area contributed by atoms with E-state index in [1.165, 1.54) is 0 Å². The molecule has 0 radical (unpaired) electrons. The average molecular weight is 418 g/mol. The van der Waals surface area contributed by atoms with Crippen LogP contribution in [0.15, 0.2) is 12.3 Å². The maximum Gasteiger partial charge on any atom is 0.270 e. The van der Waals surface area contributed by atoms with E-state index in [0.29, 0.717) is 35.3 Å². The third-order valence-electron chi connectivity index (χ3n) is 5.78. The molecule has 1 amide bonds. The lowest BCUT2D eigenvalue weighted by atomic mass is 9.94. The van der Waals surface area contributed by atoms with E-state index in [-0.39, 0.29) is 11.9 Å². The van der Waals surface area contributed by atoms with Gasteiger partial charge >= 0.3 is 0 Å². The molecule has 2 heterocycles. The Morgan fingerprint density at radius 3 is 2.60 bits per heavy atom. The van der Waals surface area contributed by atoms with Crippen LogP contribution >= 0.6 is 0 Å². The summed E-state index contributed by atoms with van der Waals surface area (Å²) in [6, 6.07) is 1.65. The molecular weight excluding hydrogens is 378 g/mol. The van der Waals surface area contributed by atoms with Crippen molar-refractivity contribution in [1.29, 1.82) is 0 Å². The molecule has 0 aliphatic carbocycles. The number of hydrogen-bond donors (Lipinski definition) is 2. The minimum atomic E-state index is -1.00. The number of carbonyl (C=O) groups is 1. The molecule has 2 rings (SSSR count). The first-order chi connectivity index (χ1) is 14.1. The summed E-state index contributed by atoms with van der Waals surface area (Å²) in [6.45, 7) is 14.4. The number of nitrogens with zero attached hydrogens (tertiary/aromatic N) is 2. The van der Waals surface area contributed by atoms with Crippen molar-refractivity contribution in [2.75, 3.05) is 6.61 Å². The Bertz CT molecular complexity index is 851. The molecule has 0 saturated heterocycles. The maximum atomic E-state index is 13.2. The number of pyridine rings is 1. The number of rotatable bonds is 11. The Kier molecular flexibility index (Phi) is 8.30. The largest absolute Gasteiger partial charge is 0.490 e. The van der Waals surface area contributed by atoms with Gasteiger partial charge in [-0.05, 0) is 58.1 Å². The number of aliphatic hydroxyl groups is 1. The standard InChI is InChI=1S/C24H39N3O3/c1-8-10-11-20(24(6,7)29)26-23(28)21-18(5)25-22-19(14-17(4)15-27(21)22)30-13-12-16(3)9-2/h14-16,20,29H,8-13H2,1-7H3,(H,26,28). The van der Waals surface area contributed by atoms with Crippen molar-refractivity contribution >= 4 is 11.6 Å². The van der Waals surface area contributed by atoms with Gasteiger partial charge in [0.2, 0.25) is 0 Å². The lowest BCUT2D eigenvalue weighted by molar-refractivity contribution is 0.0313. The summed E-state index contributed by atoms with van der Waals surface area (Å²) >= 11 is 0. The van der Waals surface area contributed by atoms with Crippen LogP contribution in [0, 0.1) is 19.8 Å². The molecular formula is C24H39N3O3. The molecule has 0 spiro atoms. The van der Waals surface area contributed by atoms with Crippen molar-refractivity contribution in [3.05, 3.63) is 29.2 Å². The van der Waals surface area contributed by atoms with Crippen LogP contribution in [-0.2, 0) is 0 Å². The highest BCUT2D eigenvalue weighted by atomic mass is 16.5. The molecule has 2 N–H and O–H groups in total. The lowest BCUT2D eigenvalue weighted by Gasteiger charge is -2.30. The van der Waals surface area contributed by atoms with Crippen LogP contribution in [0.1, 0.15) is 88.5 Å².